The van der Waals surface area contributed by atoms with Crippen LogP contribution in [0.1, 0.15) is 33.5 Å². The zero-order valence-electron chi connectivity index (χ0n) is 12.0. The van der Waals surface area contributed by atoms with Crippen molar-refractivity contribution in [3.05, 3.63) is 18.1 Å². The average molecular weight is 280 g/mol. The summed E-state index contributed by atoms with van der Waals surface area (Å²) < 4.78 is 5.20. The Labute approximate surface area is 118 Å². The molecule has 1 aromatic rings. The summed E-state index contributed by atoms with van der Waals surface area (Å²) in [5, 5.41) is 11.7. The van der Waals surface area contributed by atoms with E-state index in [9.17, 15) is 10.1 Å². The number of carbonyl (C=O) groups excluding carboxylic acids is 1. The highest BCUT2D eigenvalue weighted by atomic mass is 32.2. The first-order valence-electron chi connectivity index (χ1n) is 6.24. The van der Waals surface area contributed by atoms with Crippen molar-refractivity contribution in [3.8, 4) is 6.07 Å². The molecule has 0 aliphatic carbocycles. The van der Waals surface area contributed by atoms with Crippen LogP contribution in [-0.4, -0.2) is 16.7 Å². The normalized spacial score (nSPS) is 15.6. The van der Waals surface area contributed by atoms with E-state index < -0.39 is 5.54 Å². The van der Waals surface area contributed by atoms with Crippen LogP contribution >= 0.6 is 11.8 Å². The van der Waals surface area contributed by atoms with Gasteiger partial charge in [-0.05, 0) is 32.8 Å². The van der Waals surface area contributed by atoms with Crippen LogP contribution in [-0.2, 0) is 4.79 Å². The Hall–Kier alpha value is -1.41. The topological polar surface area (TPSA) is 66.0 Å². The Balaban J connectivity index is 2.69. The van der Waals surface area contributed by atoms with Gasteiger partial charge in [-0.2, -0.15) is 5.26 Å². The number of aryl methyl sites for hydroxylation is 1. The summed E-state index contributed by atoms with van der Waals surface area (Å²) in [6.07, 6.45) is 1.61. The van der Waals surface area contributed by atoms with Crippen molar-refractivity contribution in [2.75, 3.05) is 0 Å². The van der Waals surface area contributed by atoms with Crippen molar-refractivity contribution in [2.45, 2.75) is 50.3 Å². The van der Waals surface area contributed by atoms with Gasteiger partial charge < -0.3 is 9.73 Å². The molecule has 0 saturated heterocycles. The molecule has 0 spiro atoms. The van der Waals surface area contributed by atoms with Crippen LogP contribution in [0.5, 0.6) is 0 Å². The first-order valence-corrected chi connectivity index (χ1v) is 7.12. The summed E-state index contributed by atoms with van der Waals surface area (Å²) in [5.74, 6) is 0.717. The molecule has 1 amide bonds. The number of carbonyl (C=O) groups is 1. The number of nitriles is 1. The molecule has 0 aromatic carbocycles. The first-order chi connectivity index (χ1) is 8.80. The van der Waals surface area contributed by atoms with E-state index >= 15 is 0 Å². The van der Waals surface area contributed by atoms with Crippen LogP contribution < -0.4 is 5.32 Å². The number of thioether (sulfide) groups is 1. The quantitative estimate of drug-likeness (QED) is 0.842. The smallest absolute Gasteiger partial charge is 0.234 e. The summed E-state index contributed by atoms with van der Waals surface area (Å²) in [6.45, 7) is 9.27. The largest absolute Gasteiger partial charge is 0.468 e. The van der Waals surface area contributed by atoms with Gasteiger partial charge in [-0.25, -0.2) is 0 Å². The van der Waals surface area contributed by atoms with Gasteiger partial charge in [-0.15, -0.1) is 11.8 Å². The Morgan fingerprint density at radius 2 is 2.16 bits per heavy atom. The molecule has 1 rings (SSSR count). The Kier molecular flexibility index (Phi) is 5.07. The lowest BCUT2D eigenvalue weighted by atomic mass is 9.90. The predicted octanol–water partition coefficient (Wildman–Crippen LogP) is 3.12. The molecule has 1 aromatic heterocycles. The van der Waals surface area contributed by atoms with Crippen LogP contribution in [0.15, 0.2) is 21.6 Å². The lowest BCUT2D eigenvalue weighted by molar-refractivity contribution is -0.121. The molecule has 2 atom stereocenters. The SMILES string of the molecule is Cc1occc1S[C@@H](C)C(=O)N[C@](C)(C#N)C(C)C. The van der Waals surface area contributed by atoms with Crippen molar-refractivity contribution in [2.24, 2.45) is 5.92 Å². The fourth-order valence-electron chi connectivity index (χ4n) is 1.40. The fourth-order valence-corrected chi connectivity index (χ4v) is 2.29. The van der Waals surface area contributed by atoms with E-state index in [1.54, 1.807) is 13.2 Å². The van der Waals surface area contributed by atoms with Gasteiger partial charge in [0.25, 0.3) is 0 Å². The lowest BCUT2D eigenvalue weighted by Crippen LogP contribution is -2.51. The van der Waals surface area contributed by atoms with E-state index in [0.717, 1.165) is 10.7 Å². The highest BCUT2D eigenvalue weighted by molar-refractivity contribution is 8.00. The molecule has 0 aliphatic heterocycles. The van der Waals surface area contributed by atoms with Crippen LogP contribution in [0, 0.1) is 24.2 Å². The molecule has 0 saturated carbocycles. The average Bonchev–Trinajstić information content (AvgIpc) is 2.74. The molecule has 5 heteroatoms. The summed E-state index contributed by atoms with van der Waals surface area (Å²) in [5.41, 5.74) is -0.836. The van der Waals surface area contributed by atoms with Crippen LogP contribution in [0.4, 0.5) is 0 Å². The van der Waals surface area contributed by atoms with Crippen molar-refractivity contribution in [3.63, 3.8) is 0 Å². The third kappa shape index (κ3) is 3.77. The molecule has 4 nitrogen and oxygen atoms in total. The van der Waals surface area contributed by atoms with Crippen LogP contribution in [0.3, 0.4) is 0 Å². The zero-order chi connectivity index (χ0) is 14.6. The van der Waals surface area contributed by atoms with E-state index in [-0.39, 0.29) is 17.1 Å². The number of nitrogens with one attached hydrogen (secondary N) is 1. The van der Waals surface area contributed by atoms with Gasteiger partial charge in [0.2, 0.25) is 5.91 Å². The third-order valence-electron chi connectivity index (χ3n) is 3.25. The summed E-state index contributed by atoms with van der Waals surface area (Å²) in [6, 6.07) is 4.02. The molecule has 1 heterocycles. The summed E-state index contributed by atoms with van der Waals surface area (Å²) in [4.78, 5) is 13.1. The Morgan fingerprint density at radius 1 is 1.53 bits per heavy atom. The summed E-state index contributed by atoms with van der Waals surface area (Å²) in [7, 11) is 0. The molecule has 0 unspecified atom stereocenters. The second-order valence-electron chi connectivity index (χ2n) is 5.06. The van der Waals surface area contributed by atoms with Crippen LogP contribution in [0.2, 0.25) is 0 Å². The van der Waals surface area contributed by atoms with E-state index in [0.29, 0.717) is 0 Å². The standard InChI is InChI=1S/C14H20N2O2S/c1-9(2)14(5,8-15)16-13(17)11(4)19-12-6-7-18-10(12)3/h6-7,9,11H,1-5H3,(H,16,17)/t11-,14+/m0/s1. The van der Waals surface area contributed by atoms with Crippen molar-refractivity contribution in [1.82, 2.24) is 5.32 Å². The number of hydrogen-bond donors (Lipinski definition) is 1. The van der Waals surface area contributed by atoms with Crippen molar-refractivity contribution in [1.29, 1.82) is 5.26 Å². The minimum absolute atomic E-state index is 0.0503. The molecular weight excluding hydrogens is 260 g/mol. The van der Waals surface area contributed by atoms with Crippen LogP contribution in [0.25, 0.3) is 0 Å². The number of rotatable bonds is 5. The number of nitrogens with zero attached hydrogens (tertiary/aromatic N) is 1. The number of hydrogen-bond acceptors (Lipinski definition) is 4. The van der Waals surface area contributed by atoms with Gasteiger partial charge in [-0.3, -0.25) is 4.79 Å². The minimum Gasteiger partial charge on any atom is -0.468 e. The first kappa shape index (κ1) is 15.6. The molecule has 0 fully saturated rings. The van der Waals surface area contributed by atoms with Crippen molar-refractivity contribution < 1.29 is 9.21 Å². The Morgan fingerprint density at radius 3 is 2.58 bits per heavy atom. The van der Waals surface area contributed by atoms with Gasteiger partial charge in [0.15, 0.2) is 0 Å². The molecular formula is C14H20N2O2S. The highest BCUT2D eigenvalue weighted by Gasteiger charge is 2.31. The molecule has 19 heavy (non-hydrogen) atoms. The van der Waals surface area contributed by atoms with Gasteiger partial charge in [0.1, 0.15) is 11.3 Å². The van der Waals surface area contributed by atoms with Crippen molar-refractivity contribution >= 4 is 17.7 Å². The summed E-state index contributed by atoms with van der Waals surface area (Å²) >= 11 is 1.43. The molecule has 0 radical (unpaired) electrons. The molecule has 0 bridgehead atoms. The number of amides is 1. The molecule has 1 N–H and O–H groups in total. The van der Waals surface area contributed by atoms with E-state index in [4.69, 9.17) is 4.42 Å². The minimum atomic E-state index is -0.836. The second-order valence-corrected chi connectivity index (χ2v) is 6.44. The maximum Gasteiger partial charge on any atom is 0.234 e. The predicted molar refractivity (Wildman–Crippen MR) is 75.8 cm³/mol. The van der Waals surface area contributed by atoms with Gasteiger partial charge in [0.05, 0.1) is 17.6 Å². The second kappa shape index (κ2) is 6.16. The van der Waals surface area contributed by atoms with Gasteiger partial charge >= 0.3 is 0 Å². The molecule has 0 aliphatic rings. The third-order valence-corrected chi connectivity index (χ3v) is 4.50. The monoisotopic (exact) mass is 280 g/mol. The maximum absolute atomic E-state index is 12.1. The Bertz CT molecular complexity index is 490. The fraction of sp³-hybridized carbons (Fsp3) is 0.571. The maximum atomic E-state index is 12.1. The zero-order valence-corrected chi connectivity index (χ0v) is 12.8. The van der Waals surface area contributed by atoms with E-state index in [1.165, 1.54) is 11.8 Å². The van der Waals surface area contributed by atoms with Gasteiger partial charge in [0, 0.05) is 4.90 Å². The van der Waals surface area contributed by atoms with E-state index in [1.807, 2.05) is 33.8 Å². The number of furan rings is 1. The van der Waals surface area contributed by atoms with E-state index in [2.05, 4.69) is 11.4 Å². The lowest BCUT2D eigenvalue weighted by Gasteiger charge is -2.28. The van der Waals surface area contributed by atoms with Gasteiger partial charge in [-0.1, -0.05) is 13.8 Å². The highest BCUT2D eigenvalue weighted by Crippen LogP contribution is 2.28. The molecule has 104 valence electrons.